The molecular weight excluding hydrogens is 1220 g/mol. The summed E-state index contributed by atoms with van der Waals surface area (Å²) in [6.07, 6.45) is 8.17. The second kappa shape index (κ2) is 60.1. The van der Waals surface area contributed by atoms with Crippen LogP contribution in [0.3, 0.4) is 0 Å². The summed E-state index contributed by atoms with van der Waals surface area (Å²) < 4.78 is 0. The van der Waals surface area contributed by atoms with Crippen molar-refractivity contribution in [2.75, 3.05) is 45.8 Å². The molecule has 0 heterocycles. The Balaban J connectivity index is -0.000000332. The number of carbonyl (C=O) groups is 11. The lowest BCUT2D eigenvalue weighted by Gasteiger charge is -2.14. The van der Waals surface area contributed by atoms with Gasteiger partial charge in [-0.05, 0) is 55.1 Å². The molecule has 0 saturated heterocycles. The zero-order valence-corrected chi connectivity index (χ0v) is 56.5. The van der Waals surface area contributed by atoms with Crippen LogP contribution in [0.5, 0.6) is 0 Å². The fourth-order valence-electron chi connectivity index (χ4n) is 7.86. The van der Waals surface area contributed by atoms with E-state index in [0.29, 0.717) is 38.5 Å². The highest BCUT2D eigenvalue weighted by molar-refractivity contribution is 5.90. The molecule has 2 aromatic rings. The van der Waals surface area contributed by atoms with Crippen LogP contribution < -0.4 is 80.3 Å². The number of carbonyl (C=O) groups excluding carboxylic acids is 7. The second-order valence-electron chi connectivity index (χ2n) is 22.8. The quantitative estimate of drug-likeness (QED) is 0.0418. The monoisotopic (exact) mass is 1340 g/mol. The first kappa shape index (κ1) is 96.1. The minimum atomic E-state index is -0.989. The van der Waals surface area contributed by atoms with Gasteiger partial charge >= 0.3 is 23.9 Å². The number of rotatable bonds is 42. The van der Waals surface area contributed by atoms with E-state index in [9.17, 15) is 52.7 Å². The number of Topliss-reactive ketones (excluding diaryl/α,β-unsaturated/α-hetero) is 7. The van der Waals surface area contributed by atoms with Gasteiger partial charge in [0.15, 0.2) is 40.5 Å². The standard InChI is InChI=1S/C13H18N2O3.C12H18N2O.2C10H20N2O3.C8H16N2O3.2C6H14N2O/c14-8-11(15)12(16)7-10(13(17)18)6-9-4-2-1-3-5-9;1-9(7-12(15)11(14)8-13)10-5-3-2-4-6-10;2*1-2-3-4-7(10(14)15)5-9(13)8(12)6-11;1-5(3-8(12)13)2-7(11)6(10)4-9;2*1-2-3-6(9)5(8)4-7/h1-5,10-11H,6-8,14-15H2,(H,17,18);2-6,9,11H,7-8,13-14H2,1H3;2*7-8H,2-6,11-12H2,1H3,(H,14,15);5-6H,2-4,9-10H2,1H3,(H,12,13);2*5H,2-4,7-8H2,1H3/t10-,11-;9-,11-;2*7-,8+;5-,6-;2*5-/m1110100/s1. The average Bonchev–Trinajstić information content (AvgIpc) is 1.71. The van der Waals surface area contributed by atoms with Gasteiger partial charge in [-0.3, -0.25) is 52.7 Å². The summed E-state index contributed by atoms with van der Waals surface area (Å²) in [6, 6.07) is 14.9. The number of carboxylic acids is 4. The van der Waals surface area contributed by atoms with Crippen molar-refractivity contribution in [3.8, 4) is 0 Å². The Morgan fingerprint density at radius 2 is 0.628 bits per heavy atom. The van der Waals surface area contributed by atoms with E-state index in [-0.39, 0.29) is 130 Å². The van der Waals surface area contributed by atoms with Crippen LogP contribution in [0.15, 0.2) is 60.7 Å². The normalized spacial score (nSPS) is 14.3. The maximum atomic E-state index is 11.6. The van der Waals surface area contributed by atoms with Crippen molar-refractivity contribution < 1.29 is 73.2 Å². The minimum absolute atomic E-state index is 0.00625. The number of hydrogen-bond donors (Lipinski definition) is 18. The Hall–Kier alpha value is -6.55. The summed E-state index contributed by atoms with van der Waals surface area (Å²) >= 11 is 0. The summed E-state index contributed by atoms with van der Waals surface area (Å²) in [5.74, 6) is -6.53. The maximum Gasteiger partial charge on any atom is 0.307 e. The van der Waals surface area contributed by atoms with Crippen LogP contribution in [-0.2, 0) is 59.2 Å². The Morgan fingerprint density at radius 1 is 0.351 bits per heavy atom. The number of aliphatic carboxylic acids is 4. The molecule has 0 aliphatic rings. The Bertz CT molecular complexity index is 2350. The molecule has 94 heavy (non-hydrogen) atoms. The molecule has 0 radical (unpaired) electrons. The minimum Gasteiger partial charge on any atom is -0.481 e. The van der Waals surface area contributed by atoms with Crippen LogP contribution in [0.25, 0.3) is 0 Å². The fourth-order valence-corrected chi connectivity index (χ4v) is 7.86. The predicted octanol–water partition coefficient (Wildman–Crippen LogP) is 0.0812. The number of hydrogen-bond acceptors (Lipinski definition) is 25. The van der Waals surface area contributed by atoms with Crippen LogP contribution >= 0.6 is 0 Å². The lowest BCUT2D eigenvalue weighted by atomic mass is 9.92. The van der Waals surface area contributed by atoms with Crippen LogP contribution in [0.1, 0.15) is 161 Å². The lowest BCUT2D eigenvalue weighted by Crippen LogP contribution is -2.39. The summed E-state index contributed by atoms with van der Waals surface area (Å²) in [7, 11) is 0. The Morgan fingerprint density at radius 3 is 0.904 bits per heavy atom. The fraction of sp³-hybridized carbons (Fsp3) is 0.646. The van der Waals surface area contributed by atoms with E-state index in [1.54, 1.807) is 6.92 Å². The third-order valence-corrected chi connectivity index (χ3v) is 14.1. The molecule has 2 rings (SSSR count). The molecular formula is C65H120N14O15. The van der Waals surface area contributed by atoms with Gasteiger partial charge in [-0.15, -0.1) is 0 Å². The van der Waals surface area contributed by atoms with Gasteiger partial charge in [0.05, 0.1) is 60.0 Å². The van der Waals surface area contributed by atoms with E-state index < -0.39 is 83.9 Å². The molecule has 0 aliphatic heterocycles. The number of unbranched alkanes of at least 4 members (excludes halogenated alkanes) is 2. The van der Waals surface area contributed by atoms with Gasteiger partial charge in [0.1, 0.15) is 0 Å². The maximum absolute atomic E-state index is 11.6. The molecule has 0 aromatic heterocycles. The first-order valence-corrected chi connectivity index (χ1v) is 32.0. The number of nitrogens with two attached hydrogens (primary N) is 14. The SMILES string of the molecule is CCCC(=O)[C@@H](N)CN.CCCC(=O)[C@@H](N)CN.CCCC[C@@H](CC(=O)[C@H](N)CN)C(=O)O.CCCC[C@H](CC(=O)[C@@H](N)CN)C(=O)O.C[C@@H](CC(=O)O)CC(=O)[C@H](N)CN.C[C@H](CC(=O)[C@H](N)CN)c1ccccc1.NC[C@@H](N)C(=O)C[C@@H](Cc1ccccc1)C(=O)O. The van der Waals surface area contributed by atoms with Gasteiger partial charge in [0, 0.05) is 97.2 Å². The number of carboxylic acid groups (broad SMARTS) is 4. The first-order valence-electron chi connectivity index (χ1n) is 32.0. The molecule has 29 nitrogen and oxygen atoms in total. The molecule has 0 saturated carbocycles. The molecule has 32 N–H and O–H groups in total. The van der Waals surface area contributed by atoms with Crippen molar-refractivity contribution in [3.05, 3.63) is 71.8 Å². The third-order valence-electron chi connectivity index (χ3n) is 14.1. The van der Waals surface area contributed by atoms with Gasteiger partial charge < -0.3 is 101 Å². The van der Waals surface area contributed by atoms with Crippen molar-refractivity contribution in [3.63, 3.8) is 0 Å². The zero-order chi connectivity index (χ0) is 73.5. The topological polar surface area (TPSA) is 633 Å². The Labute approximate surface area is 556 Å². The molecule has 29 heteroatoms. The Kier molecular flexibility index (Phi) is 61.5. The van der Waals surface area contributed by atoms with Crippen molar-refractivity contribution >= 4 is 64.4 Å². The van der Waals surface area contributed by atoms with Crippen LogP contribution in [0.2, 0.25) is 0 Å². The molecule has 540 valence electrons. The van der Waals surface area contributed by atoms with E-state index in [4.69, 9.17) is 101 Å². The van der Waals surface area contributed by atoms with Crippen molar-refractivity contribution in [1.82, 2.24) is 0 Å². The number of ketones is 7. The van der Waals surface area contributed by atoms with Gasteiger partial charge in [0.25, 0.3) is 0 Å². The highest BCUT2D eigenvalue weighted by atomic mass is 16.4. The van der Waals surface area contributed by atoms with Crippen molar-refractivity contribution in [2.45, 2.75) is 199 Å². The van der Waals surface area contributed by atoms with Gasteiger partial charge in [-0.2, -0.15) is 0 Å². The molecule has 0 unspecified atom stereocenters. The summed E-state index contributed by atoms with van der Waals surface area (Å²) in [6.45, 7) is 12.6. The van der Waals surface area contributed by atoms with Gasteiger partial charge in [-0.1, -0.05) is 128 Å². The van der Waals surface area contributed by atoms with Crippen molar-refractivity contribution in [2.24, 2.45) is 104 Å². The molecule has 0 spiro atoms. The largest absolute Gasteiger partial charge is 0.481 e. The summed E-state index contributed by atoms with van der Waals surface area (Å²) in [4.78, 5) is 122. The zero-order valence-electron chi connectivity index (χ0n) is 56.5. The molecule has 12 atom stereocenters. The van der Waals surface area contributed by atoms with Crippen LogP contribution in [0, 0.1) is 23.7 Å². The van der Waals surface area contributed by atoms with E-state index >= 15 is 0 Å². The molecule has 0 bridgehead atoms. The van der Waals surface area contributed by atoms with E-state index in [1.807, 2.05) is 95.3 Å². The van der Waals surface area contributed by atoms with Crippen molar-refractivity contribution in [1.29, 1.82) is 0 Å². The molecule has 0 fully saturated rings. The lowest BCUT2D eigenvalue weighted by molar-refractivity contribution is -0.144. The van der Waals surface area contributed by atoms with E-state index in [0.717, 1.165) is 49.7 Å². The van der Waals surface area contributed by atoms with Crippen LogP contribution in [-0.4, -0.2) is 173 Å². The highest BCUT2D eigenvalue weighted by Gasteiger charge is 2.26. The third kappa shape index (κ3) is 50.9. The molecule has 2 aromatic carbocycles. The predicted molar refractivity (Wildman–Crippen MR) is 366 cm³/mol. The molecule has 0 aliphatic carbocycles. The highest BCUT2D eigenvalue weighted by Crippen LogP contribution is 2.20. The van der Waals surface area contributed by atoms with E-state index in [1.165, 1.54) is 0 Å². The molecule has 0 amide bonds. The summed E-state index contributed by atoms with van der Waals surface area (Å²) in [5.41, 5.74) is 76.6. The number of benzene rings is 2. The van der Waals surface area contributed by atoms with Gasteiger partial charge in [-0.25, -0.2) is 0 Å². The van der Waals surface area contributed by atoms with Gasteiger partial charge in [0.2, 0.25) is 0 Å². The van der Waals surface area contributed by atoms with E-state index in [2.05, 4.69) is 0 Å². The second-order valence-corrected chi connectivity index (χ2v) is 22.8. The smallest absolute Gasteiger partial charge is 0.307 e. The first-order chi connectivity index (χ1) is 44.1. The summed E-state index contributed by atoms with van der Waals surface area (Å²) in [5, 5.41) is 35.3. The van der Waals surface area contributed by atoms with Crippen LogP contribution in [0.4, 0.5) is 0 Å². The average molecular weight is 1340 g/mol.